The molecule has 4 heterocycles. The second-order valence-corrected chi connectivity index (χ2v) is 8.86. The zero-order valence-corrected chi connectivity index (χ0v) is 17.9. The fourth-order valence-electron chi connectivity index (χ4n) is 3.02. The number of anilines is 1. The molecule has 4 rings (SSSR count). The third-order valence-electron chi connectivity index (χ3n) is 4.68. The van der Waals surface area contributed by atoms with Crippen molar-refractivity contribution in [1.29, 1.82) is 0 Å². The van der Waals surface area contributed by atoms with Gasteiger partial charge in [0.2, 0.25) is 5.91 Å². The highest BCUT2D eigenvalue weighted by Crippen LogP contribution is 2.31. The van der Waals surface area contributed by atoms with E-state index in [1.807, 2.05) is 39.0 Å². The fraction of sp³-hybridized carbons (Fsp3) is 0.250. The van der Waals surface area contributed by atoms with Crippen LogP contribution in [0.15, 0.2) is 35.5 Å². The predicted molar refractivity (Wildman–Crippen MR) is 117 cm³/mol. The highest BCUT2D eigenvalue weighted by Gasteiger charge is 2.15. The fourth-order valence-corrected chi connectivity index (χ4v) is 4.96. The van der Waals surface area contributed by atoms with Crippen molar-refractivity contribution >= 4 is 43.9 Å². The van der Waals surface area contributed by atoms with E-state index in [1.54, 1.807) is 6.20 Å². The maximum Gasteiger partial charge on any atom is 0.262 e. The summed E-state index contributed by atoms with van der Waals surface area (Å²) in [6.07, 6.45) is 3.40. The molecule has 0 aromatic carbocycles. The zero-order valence-electron chi connectivity index (χ0n) is 16.2. The van der Waals surface area contributed by atoms with Gasteiger partial charge in [0.15, 0.2) is 5.13 Å². The molecule has 29 heavy (non-hydrogen) atoms. The summed E-state index contributed by atoms with van der Waals surface area (Å²) < 4.78 is 1.49. The third-order valence-corrected chi connectivity index (χ3v) is 6.89. The highest BCUT2D eigenvalue weighted by molar-refractivity contribution is 7.19. The Labute approximate surface area is 175 Å². The number of fused-ring (bicyclic) bond motifs is 1. The summed E-state index contributed by atoms with van der Waals surface area (Å²) in [5.41, 5.74) is 2.50. The van der Waals surface area contributed by atoms with Gasteiger partial charge in [-0.05, 0) is 38.5 Å². The van der Waals surface area contributed by atoms with Gasteiger partial charge in [0.25, 0.3) is 5.56 Å². The normalized spacial score (nSPS) is 11.1. The van der Waals surface area contributed by atoms with Crippen LogP contribution in [0.25, 0.3) is 20.8 Å². The molecule has 0 atom stereocenters. The number of pyridine rings is 1. The molecule has 4 aromatic rings. The van der Waals surface area contributed by atoms with Crippen LogP contribution in [0.3, 0.4) is 0 Å². The van der Waals surface area contributed by atoms with Gasteiger partial charge in [0, 0.05) is 24.0 Å². The Balaban J connectivity index is 1.46. The summed E-state index contributed by atoms with van der Waals surface area (Å²) in [7, 11) is 0. The molecule has 1 amide bonds. The van der Waals surface area contributed by atoms with E-state index in [2.05, 4.69) is 20.3 Å². The van der Waals surface area contributed by atoms with E-state index < -0.39 is 0 Å². The standard InChI is InChI=1S/C20H19N5O2S2/c1-11-13(3)28-18-16(11)19(27)25(10-22-18)9-7-15(26)24-20-23-12(2)17(29-20)14-6-4-5-8-21-14/h4-6,8,10H,7,9H2,1-3H3,(H,23,24,26). The Morgan fingerprint density at radius 1 is 1.17 bits per heavy atom. The largest absolute Gasteiger partial charge is 0.302 e. The summed E-state index contributed by atoms with van der Waals surface area (Å²) in [5, 5.41) is 3.99. The number of hydrogen-bond acceptors (Lipinski definition) is 7. The quantitative estimate of drug-likeness (QED) is 0.523. The van der Waals surface area contributed by atoms with Gasteiger partial charge in [0.05, 0.1) is 28.0 Å². The Bertz CT molecular complexity index is 1260. The summed E-state index contributed by atoms with van der Waals surface area (Å²) in [6.45, 7) is 6.06. The Kier molecular flexibility index (Phi) is 5.25. The van der Waals surface area contributed by atoms with E-state index in [0.717, 1.165) is 31.5 Å². The smallest absolute Gasteiger partial charge is 0.262 e. The van der Waals surface area contributed by atoms with Crippen molar-refractivity contribution in [2.45, 2.75) is 33.7 Å². The first-order chi connectivity index (χ1) is 13.9. The third kappa shape index (κ3) is 3.83. The maximum absolute atomic E-state index is 12.7. The average molecular weight is 426 g/mol. The van der Waals surface area contributed by atoms with Crippen molar-refractivity contribution in [3.05, 3.63) is 57.2 Å². The Morgan fingerprint density at radius 3 is 2.76 bits per heavy atom. The number of aryl methyl sites for hydroxylation is 4. The number of rotatable bonds is 5. The molecule has 0 aliphatic heterocycles. The molecule has 7 nitrogen and oxygen atoms in total. The molecule has 0 saturated carbocycles. The van der Waals surface area contributed by atoms with Gasteiger partial charge in [0.1, 0.15) is 4.83 Å². The molecule has 9 heteroatoms. The van der Waals surface area contributed by atoms with Gasteiger partial charge in [-0.25, -0.2) is 9.97 Å². The van der Waals surface area contributed by atoms with E-state index in [4.69, 9.17) is 0 Å². The second-order valence-electron chi connectivity index (χ2n) is 6.65. The van der Waals surface area contributed by atoms with Crippen LogP contribution in [0, 0.1) is 20.8 Å². The summed E-state index contributed by atoms with van der Waals surface area (Å²) in [4.78, 5) is 41.0. The maximum atomic E-state index is 12.7. The van der Waals surface area contributed by atoms with Gasteiger partial charge in [-0.15, -0.1) is 11.3 Å². The van der Waals surface area contributed by atoms with Crippen LogP contribution in [0.1, 0.15) is 22.6 Å². The molecule has 0 saturated heterocycles. The van der Waals surface area contributed by atoms with Crippen molar-refractivity contribution < 1.29 is 4.79 Å². The molecule has 0 radical (unpaired) electrons. The minimum atomic E-state index is -0.198. The molecule has 148 valence electrons. The van der Waals surface area contributed by atoms with Crippen LogP contribution in [0.5, 0.6) is 0 Å². The zero-order chi connectivity index (χ0) is 20.5. The van der Waals surface area contributed by atoms with Crippen molar-refractivity contribution in [2.75, 3.05) is 5.32 Å². The van der Waals surface area contributed by atoms with Gasteiger partial charge in [-0.2, -0.15) is 0 Å². The molecule has 0 aliphatic carbocycles. The van der Waals surface area contributed by atoms with Crippen LogP contribution < -0.4 is 10.9 Å². The lowest BCUT2D eigenvalue weighted by Crippen LogP contribution is -2.23. The first-order valence-electron chi connectivity index (χ1n) is 9.08. The molecular weight excluding hydrogens is 406 g/mol. The monoisotopic (exact) mass is 425 g/mol. The topological polar surface area (TPSA) is 89.8 Å². The van der Waals surface area contributed by atoms with Crippen molar-refractivity contribution in [1.82, 2.24) is 19.5 Å². The molecule has 1 N–H and O–H groups in total. The lowest BCUT2D eigenvalue weighted by atomic mass is 10.2. The molecule has 4 aromatic heterocycles. The number of thiophene rings is 1. The molecule has 0 fully saturated rings. The van der Waals surface area contributed by atoms with Crippen molar-refractivity contribution in [3.8, 4) is 10.6 Å². The Hall–Kier alpha value is -2.91. The SMILES string of the molecule is Cc1nc(NC(=O)CCn2cnc3sc(C)c(C)c3c2=O)sc1-c1ccccn1. The van der Waals surface area contributed by atoms with E-state index >= 15 is 0 Å². The number of carbonyl (C=O) groups excluding carboxylic acids is 1. The van der Waals surface area contributed by atoms with E-state index in [0.29, 0.717) is 10.5 Å². The van der Waals surface area contributed by atoms with Crippen LogP contribution in [-0.2, 0) is 11.3 Å². The minimum Gasteiger partial charge on any atom is -0.302 e. The second kappa shape index (κ2) is 7.84. The lowest BCUT2D eigenvalue weighted by Gasteiger charge is -2.05. The van der Waals surface area contributed by atoms with Gasteiger partial charge >= 0.3 is 0 Å². The van der Waals surface area contributed by atoms with Crippen LogP contribution >= 0.6 is 22.7 Å². The first kappa shape index (κ1) is 19.4. The number of aromatic nitrogens is 4. The van der Waals surface area contributed by atoms with Gasteiger partial charge in [-0.1, -0.05) is 17.4 Å². The molecule has 0 bridgehead atoms. The predicted octanol–water partition coefficient (Wildman–Crippen LogP) is 3.93. The number of nitrogens with zero attached hydrogens (tertiary/aromatic N) is 4. The average Bonchev–Trinajstić information content (AvgIpc) is 3.21. The van der Waals surface area contributed by atoms with Crippen LogP contribution in [-0.4, -0.2) is 25.4 Å². The Morgan fingerprint density at radius 2 is 2.00 bits per heavy atom. The number of thiazole rings is 1. The minimum absolute atomic E-state index is 0.104. The van der Waals surface area contributed by atoms with Crippen molar-refractivity contribution in [2.24, 2.45) is 0 Å². The summed E-state index contributed by atoms with van der Waals surface area (Å²) in [5.74, 6) is -0.198. The molecular formula is C20H19N5O2S2. The van der Waals surface area contributed by atoms with Crippen LogP contribution in [0.2, 0.25) is 0 Å². The van der Waals surface area contributed by atoms with Gasteiger partial charge < -0.3 is 5.32 Å². The number of hydrogen-bond donors (Lipinski definition) is 1. The highest BCUT2D eigenvalue weighted by atomic mass is 32.1. The number of nitrogens with one attached hydrogen (secondary N) is 1. The number of amides is 1. The summed E-state index contributed by atoms with van der Waals surface area (Å²) >= 11 is 2.90. The van der Waals surface area contributed by atoms with Gasteiger partial charge in [-0.3, -0.25) is 19.1 Å². The van der Waals surface area contributed by atoms with Crippen molar-refractivity contribution in [3.63, 3.8) is 0 Å². The number of carbonyl (C=O) groups is 1. The molecule has 0 spiro atoms. The van der Waals surface area contributed by atoms with E-state index in [9.17, 15) is 9.59 Å². The van der Waals surface area contributed by atoms with Crippen LogP contribution in [0.4, 0.5) is 5.13 Å². The van der Waals surface area contributed by atoms with E-state index in [1.165, 1.54) is 33.6 Å². The molecule has 0 unspecified atom stereocenters. The first-order valence-corrected chi connectivity index (χ1v) is 10.7. The lowest BCUT2D eigenvalue weighted by molar-refractivity contribution is -0.116. The molecule has 0 aliphatic rings. The van der Waals surface area contributed by atoms with E-state index in [-0.39, 0.29) is 24.4 Å². The summed E-state index contributed by atoms with van der Waals surface area (Å²) in [6, 6.07) is 5.68.